The fourth-order valence-corrected chi connectivity index (χ4v) is 3.96. The molecule has 1 aromatic carbocycles. The van der Waals surface area contributed by atoms with E-state index >= 15 is 0 Å². The van der Waals surface area contributed by atoms with Crippen molar-refractivity contribution in [3.8, 4) is 0 Å². The van der Waals surface area contributed by atoms with Crippen LogP contribution < -0.4 is 5.32 Å². The van der Waals surface area contributed by atoms with Crippen molar-refractivity contribution in [1.29, 1.82) is 0 Å². The molecule has 3 aliphatic rings. The number of carbonyl (C=O) groups is 1. The molecule has 5 heteroatoms. The number of nitrogens with one attached hydrogen (secondary N) is 1. The predicted molar refractivity (Wildman–Crippen MR) is 83.8 cm³/mol. The van der Waals surface area contributed by atoms with Crippen LogP contribution in [-0.4, -0.2) is 41.0 Å². The van der Waals surface area contributed by atoms with Crippen molar-refractivity contribution >= 4 is 17.0 Å². The topological polar surface area (TPSA) is 58.4 Å². The van der Waals surface area contributed by atoms with Gasteiger partial charge in [0.2, 0.25) is 0 Å². The van der Waals surface area contributed by atoms with Crippen LogP contribution in [0.3, 0.4) is 0 Å². The highest BCUT2D eigenvalue weighted by Gasteiger charge is 2.40. The van der Waals surface area contributed by atoms with Crippen molar-refractivity contribution in [3.63, 3.8) is 0 Å². The minimum absolute atomic E-state index is 0.0125. The molecule has 0 aliphatic carbocycles. The van der Waals surface area contributed by atoms with Crippen LogP contribution in [0.1, 0.15) is 36.0 Å². The van der Waals surface area contributed by atoms with Gasteiger partial charge in [-0.3, -0.25) is 9.69 Å². The number of aromatic nitrogens is 1. The summed E-state index contributed by atoms with van der Waals surface area (Å²) in [5, 5.41) is 3.25. The number of carbonyl (C=O) groups excluding carboxylic acids is 1. The van der Waals surface area contributed by atoms with E-state index in [4.69, 9.17) is 4.42 Å². The molecule has 0 radical (unpaired) electrons. The Morgan fingerprint density at radius 1 is 1.36 bits per heavy atom. The average molecular weight is 299 g/mol. The first-order valence-electron chi connectivity index (χ1n) is 8.04. The Labute approximate surface area is 129 Å². The van der Waals surface area contributed by atoms with E-state index in [0.29, 0.717) is 29.0 Å². The van der Waals surface area contributed by atoms with Gasteiger partial charge in [0, 0.05) is 24.6 Å². The molecule has 2 bridgehead atoms. The molecule has 0 spiro atoms. The van der Waals surface area contributed by atoms with Gasteiger partial charge in [-0.15, -0.1) is 0 Å². The number of benzene rings is 1. The Morgan fingerprint density at radius 2 is 2.14 bits per heavy atom. The first-order valence-corrected chi connectivity index (χ1v) is 8.04. The monoisotopic (exact) mass is 299 g/mol. The number of fused-ring (bicyclic) bond motifs is 4. The second-order valence-corrected chi connectivity index (χ2v) is 6.53. The van der Waals surface area contributed by atoms with Gasteiger partial charge in [0.1, 0.15) is 5.52 Å². The average Bonchev–Trinajstić information content (AvgIpc) is 2.90. The molecule has 2 aromatic rings. The van der Waals surface area contributed by atoms with Crippen LogP contribution >= 0.6 is 0 Å². The zero-order valence-electron chi connectivity index (χ0n) is 13.0. The Hall–Kier alpha value is -1.88. The summed E-state index contributed by atoms with van der Waals surface area (Å²) in [6.45, 7) is 6.37. The van der Waals surface area contributed by atoms with Crippen LogP contribution in [-0.2, 0) is 0 Å². The number of aryl methyl sites for hydroxylation is 1. The Kier molecular flexibility index (Phi) is 3.18. The fraction of sp³-hybridized carbons (Fsp3) is 0.529. The Bertz CT molecular complexity index is 714. The van der Waals surface area contributed by atoms with Crippen molar-refractivity contribution in [2.24, 2.45) is 5.92 Å². The molecule has 1 N–H and O–H groups in total. The lowest BCUT2D eigenvalue weighted by Crippen LogP contribution is -2.62. The van der Waals surface area contributed by atoms with E-state index in [1.165, 1.54) is 25.9 Å². The molecule has 2 atom stereocenters. The largest absolute Gasteiger partial charge is 0.441 e. The second kappa shape index (κ2) is 5.09. The Balaban J connectivity index is 1.55. The molecular weight excluding hydrogens is 278 g/mol. The van der Waals surface area contributed by atoms with Gasteiger partial charge in [-0.05, 0) is 57.0 Å². The molecule has 0 unspecified atom stereocenters. The number of hydrogen-bond donors (Lipinski definition) is 1. The van der Waals surface area contributed by atoms with Gasteiger partial charge < -0.3 is 9.73 Å². The lowest BCUT2D eigenvalue weighted by molar-refractivity contribution is 0.0217. The summed E-state index contributed by atoms with van der Waals surface area (Å²) >= 11 is 0. The first-order chi connectivity index (χ1) is 10.6. The normalized spacial score (nSPS) is 30.6. The predicted octanol–water partition coefficient (Wildman–Crippen LogP) is 2.35. The van der Waals surface area contributed by atoms with Crippen LogP contribution in [0.2, 0.25) is 0 Å². The van der Waals surface area contributed by atoms with E-state index in [1.807, 2.05) is 19.1 Å². The third-order valence-electron chi connectivity index (χ3n) is 5.23. The number of nitrogens with zero attached hydrogens (tertiary/aromatic N) is 2. The van der Waals surface area contributed by atoms with Crippen molar-refractivity contribution in [1.82, 2.24) is 15.2 Å². The minimum Gasteiger partial charge on any atom is -0.441 e. The van der Waals surface area contributed by atoms with Crippen molar-refractivity contribution < 1.29 is 9.21 Å². The van der Waals surface area contributed by atoms with E-state index in [-0.39, 0.29) is 11.9 Å². The lowest BCUT2D eigenvalue weighted by atomic mass is 9.79. The molecule has 3 fully saturated rings. The van der Waals surface area contributed by atoms with Gasteiger partial charge in [0.15, 0.2) is 11.5 Å². The van der Waals surface area contributed by atoms with Crippen LogP contribution in [0.25, 0.3) is 11.1 Å². The van der Waals surface area contributed by atoms with E-state index < -0.39 is 0 Å². The first kappa shape index (κ1) is 13.8. The number of piperidine rings is 3. The van der Waals surface area contributed by atoms with E-state index in [0.717, 1.165) is 5.52 Å². The number of oxazole rings is 1. The summed E-state index contributed by atoms with van der Waals surface area (Å²) in [4.78, 5) is 19.3. The summed E-state index contributed by atoms with van der Waals surface area (Å²) in [7, 11) is 0. The van der Waals surface area contributed by atoms with Crippen LogP contribution in [0, 0.1) is 12.8 Å². The van der Waals surface area contributed by atoms with Crippen molar-refractivity contribution in [2.75, 3.05) is 13.1 Å². The third kappa shape index (κ3) is 2.20. The summed E-state index contributed by atoms with van der Waals surface area (Å²) in [5.41, 5.74) is 2.12. The number of amides is 1. The molecule has 5 nitrogen and oxygen atoms in total. The summed E-state index contributed by atoms with van der Waals surface area (Å²) < 4.78 is 5.52. The van der Waals surface area contributed by atoms with E-state index in [1.54, 1.807) is 6.07 Å². The molecular formula is C17H21N3O2. The van der Waals surface area contributed by atoms with Gasteiger partial charge in [0.05, 0.1) is 0 Å². The quantitative estimate of drug-likeness (QED) is 0.925. The molecule has 0 saturated carbocycles. The highest BCUT2D eigenvalue weighted by atomic mass is 16.3. The SMILES string of the molecule is Cc1nc2ccc(C(=O)N[C@@H]3C4CCN(CC4)[C@H]3C)cc2o1. The van der Waals surface area contributed by atoms with Gasteiger partial charge in [-0.1, -0.05) is 0 Å². The molecule has 1 amide bonds. The molecule has 3 saturated heterocycles. The summed E-state index contributed by atoms with van der Waals surface area (Å²) in [6.07, 6.45) is 2.38. The maximum Gasteiger partial charge on any atom is 0.251 e. The van der Waals surface area contributed by atoms with Gasteiger partial charge in [-0.25, -0.2) is 4.98 Å². The maximum atomic E-state index is 12.6. The van der Waals surface area contributed by atoms with Gasteiger partial charge in [0.25, 0.3) is 5.91 Å². The molecule has 3 aliphatic heterocycles. The zero-order valence-corrected chi connectivity index (χ0v) is 13.0. The standard InChI is InChI=1S/C17H21N3O2/c1-10-16(12-5-7-20(10)8-6-12)19-17(21)13-3-4-14-15(9-13)22-11(2)18-14/h3-4,9-10,12,16H,5-8H2,1-2H3,(H,19,21)/t10-,16-/m0/s1. The minimum atomic E-state index is -0.0125. The Morgan fingerprint density at radius 3 is 2.86 bits per heavy atom. The second-order valence-electron chi connectivity index (χ2n) is 6.53. The molecule has 5 rings (SSSR count). The van der Waals surface area contributed by atoms with Crippen molar-refractivity contribution in [3.05, 3.63) is 29.7 Å². The molecule has 116 valence electrons. The van der Waals surface area contributed by atoms with Crippen molar-refractivity contribution in [2.45, 2.75) is 38.8 Å². The molecule has 1 aromatic heterocycles. The highest BCUT2D eigenvalue weighted by molar-refractivity contribution is 5.97. The van der Waals surface area contributed by atoms with E-state index in [9.17, 15) is 4.79 Å². The number of rotatable bonds is 2. The molecule has 22 heavy (non-hydrogen) atoms. The maximum absolute atomic E-state index is 12.6. The number of hydrogen-bond acceptors (Lipinski definition) is 4. The van der Waals surface area contributed by atoms with Gasteiger partial charge in [-0.2, -0.15) is 0 Å². The van der Waals surface area contributed by atoms with Crippen LogP contribution in [0.5, 0.6) is 0 Å². The fourth-order valence-electron chi connectivity index (χ4n) is 3.96. The smallest absolute Gasteiger partial charge is 0.251 e. The van der Waals surface area contributed by atoms with Crippen LogP contribution in [0.15, 0.2) is 22.6 Å². The summed E-state index contributed by atoms with van der Waals surface area (Å²) in [6, 6.07) is 6.14. The van der Waals surface area contributed by atoms with Gasteiger partial charge >= 0.3 is 0 Å². The van der Waals surface area contributed by atoms with E-state index in [2.05, 4.69) is 22.1 Å². The third-order valence-corrected chi connectivity index (χ3v) is 5.23. The zero-order chi connectivity index (χ0) is 15.3. The lowest BCUT2D eigenvalue weighted by Gasteiger charge is -2.49. The molecule has 4 heterocycles. The summed E-state index contributed by atoms with van der Waals surface area (Å²) in [5.74, 6) is 1.22. The highest BCUT2D eigenvalue weighted by Crippen LogP contribution is 2.32. The van der Waals surface area contributed by atoms with Crippen LogP contribution in [0.4, 0.5) is 0 Å².